The molecule has 1 heterocycles. The predicted octanol–water partition coefficient (Wildman–Crippen LogP) is 2.29. The van der Waals surface area contributed by atoms with Crippen LogP contribution in [0.4, 0.5) is 0 Å². The Labute approximate surface area is 134 Å². The monoisotopic (exact) mass is 310 g/mol. The molecule has 0 aliphatic carbocycles. The topological polar surface area (TPSA) is 73.9 Å². The fraction of sp³-hybridized carbons (Fsp3) is 0.222. The summed E-state index contributed by atoms with van der Waals surface area (Å²) in [6.07, 6.45) is 1.06. The Balaban J connectivity index is 1.89. The van der Waals surface area contributed by atoms with E-state index >= 15 is 0 Å². The molecule has 23 heavy (non-hydrogen) atoms. The number of ether oxygens (including phenoxy) is 1. The van der Waals surface area contributed by atoms with E-state index in [0.29, 0.717) is 29.9 Å². The van der Waals surface area contributed by atoms with Gasteiger partial charge in [-0.15, -0.1) is 0 Å². The van der Waals surface area contributed by atoms with E-state index < -0.39 is 11.5 Å². The number of benzene rings is 2. The highest BCUT2D eigenvalue weighted by atomic mass is 16.7. The van der Waals surface area contributed by atoms with Crippen molar-refractivity contribution in [3.05, 3.63) is 65.7 Å². The van der Waals surface area contributed by atoms with Crippen molar-refractivity contribution in [3.63, 3.8) is 0 Å². The van der Waals surface area contributed by atoms with E-state index in [1.165, 1.54) is 0 Å². The van der Waals surface area contributed by atoms with Gasteiger partial charge in [0.15, 0.2) is 5.54 Å². The molecular formula is C18H18N2O3. The van der Waals surface area contributed by atoms with Crippen LogP contribution in [-0.2, 0) is 16.1 Å². The quantitative estimate of drug-likeness (QED) is 0.860. The van der Waals surface area contributed by atoms with Crippen LogP contribution in [0.5, 0.6) is 5.75 Å². The molecule has 1 aliphatic heterocycles. The lowest BCUT2D eigenvalue weighted by molar-refractivity contribution is -0.144. The molecule has 5 nitrogen and oxygen atoms in total. The zero-order valence-corrected chi connectivity index (χ0v) is 12.9. The SMILES string of the molecule is COc1ccccc1C1=NOC(=O)C1(N)CCc1ccccc1. The molecule has 0 fully saturated rings. The molecule has 0 radical (unpaired) electrons. The van der Waals surface area contributed by atoms with Crippen LogP contribution < -0.4 is 10.5 Å². The van der Waals surface area contributed by atoms with E-state index in [1.807, 2.05) is 48.5 Å². The maximum atomic E-state index is 12.2. The average molecular weight is 310 g/mol. The lowest BCUT2D eigenvalue weighted by atomic mass is 9.84. The molecule has 0 aromatic heterocycles. The van der Waals surface area contributed by atoms with E-state index in [-0.39, 0.29) is 0 Å². The first-order valence-electron chi connectivity index (χ1n) is 7.41. The Morgan fingerprint density at radius 2 is 1.83 bits per heavy atom. The van der Waals surface area contributed by atoms with Crippen molar-refractivity contribution in [1.29, 1.82) is 0 Å². The molecule has 1 unspecified atom stereocenters. The van der Waals surface area contributed by atoms with Gasteiger partial charge in [0.1, 0.15) is 11.5 Å². The van der Waals surface area contributed by atoms with Gasteiger partial charge in [0, 0.05) is 5.56 Å². The fourth-order valence-corrected chi connectivity index (χ4v) is 2.68. The summed E-state index contributed by atoms with van der Waals surface area (Å²) in [6, 6.07) is 17.2. The Morgan fingerprint density at radius 1 is 1.13 bits per heavy atom. The number of rotatable bonds is 5. The van der Waals surface area contributed by atoms with Crippen molar-refractivity contribution >= 4 is 11.7 Å². The number of carbonyl (C=O) groups excluding carboxylic acids is 1. The highest BCUT2D eigenvalue weighted by Crippen LogP contribution is 2.30. The normalized spacial score (nSPS) is 20.1. The first-order chi connectivity index (χ1) is 11.1. The van der Waals surface area contributed by atoms with E-state index in [9.17, 15) is 4.79 Å². The highest BCUT2D eigenvalue weighted by Gasteiger charge is 2.47. The van der Waals surface area contributed by atoms with Gasteiger partial charge in [0.05, 0.1) is 7.11 Å². The third-order valence-corrected chi connectivity index (χ3v) is 4.02. The summed E-state index contributed by atoms with van der Waals surface area (Å²) in [7, 11) is 1.57. The number of aryl methyl sites for hydroxylation is 1. The lowest BCUT2D eigenvalue weighted by Gasteiger charge is -2.22. The van der Waals surface area contributed by atoms with Crippen LogP contribution in [0.2, 0.25) is 0 Å². The van der Waals surface area contributed by atoms with Gasteiger partial charge < -0.3 is 15.3 Å². The van der Waals surface area contributed by atoms with Gasteiger partial charge in [-0.1, -0.05) is 47.6 Å². The van der Waals surface area contributed by atoms with Gasteiger partial charge in [0.25, 0.3) is 0 Å². The smallest absolute Gasteiger partial charge is 0.360 e. The van der Waals surface area contributed by atoms with Gasteiger partial charge in [0.2, 0.25) is 0 Å². The van der Waals surface area contributed by atoms with Gasteiger partial charge in [-0.25, -0.2) is 4.79 Å². The second-order valence-electron chi connectivity index (χ2n) is 5.48. The summed E-state index contributed by atoms with van der Waals surface area (Å²) in [4.78, 5) is 17.1. The van der Waals surface area contributed by atoms with Gasteiger partial charge in [-0.05, 0) is 30.5 Å². The summed E-state index contributed by atoms with van der Waals surface area (Å²) in [5.74, 6) is 0.0772. The molecule has 1 atom stereocenters. The van der Waals surface area contributed by atoms with Crippen molar-refractivity contribution < 1.29 is 14.4 Å². The van der Waals surface area contributed by atoms with Crippen LogP contribution >= 0.6 is 0 Å². The second-order valence-corrected chi connectivity index (χ2v) is 5.48. The highest BCUT2D eigenvalue weighted by molar-refractivity contribution is 6.22. The van der Waals surface area contributed by atoms with E-state index in [2.05, 4.69) is 5.16 Å². The Bertz CT molecular complexity index is 743. The van der Waals surface area contributed by atoms with Crippen LogP contribution in [0.1, 0.15) is 17.5 Å². The molecule has 2 aromatic carbocycles. The van der Waals surface area contributed by atoms with Crippen LogP contribution in [0.3, 0.4) is 0 Å². The third kappa shape index (κ3) is 2.83. The molecule has 0 spiro atoms. The van der Waals surface area contributed by atoms with Crippen molar-refractivity contribution in [2.75, 3.05) is 7.11 Å². The zero-order chi connectivity index (χ0) is 16.3. The number of carbonyl (C=O) groups is 1. The maximum absolute atomic E-state index is 12.2. The number of nitrogens with two attached hydrogens (primary N) is 1. The van der Waals surface area contributed by atoms with Gasteiger partial charge in [-0.3, -0.25) is 0 Å². The zero-order valence-electron chi connectivity index (χ0n) is 12.9. The number of oxime groups is 1. The average Bonchev–Trinajstić information content (AvgIpc) is 2.89. The molecule has 0 saturated carbocycles. The molecule has 1 aliphatic rings. The first kappa shape index (κ1) is 15.2. The van der Waals surface area contributed by atoms with Crippen LogP contribution in [0, 0.1) is 0 Å². The largest absolute Gasteiger partial charge is 0.496 e. The van der Waals surface area contributed by atoms with Crippen LogP contribution in [0.25, 0.3) is 0 Å². The molecular weight excluding hydrogens is 292 g/mol. The number of para-hydroxylation sites is 1. The van der Waals surface area contributed by atoms with Crippen molar-refractivity contribution in [1.82, 2.24) is 0 Å². The van der Waals surface area contributed by atoms with E-state index in [4.69, 9.17) is 15.3 Å². The number of nitrogens with zero attached hydrogens (tertiary/aromatic N) is 1. The molecule has 0 bridgehead atoms. The Morgan fingerprint density at radius 3 is 2.57 bits per heavy atom. The first-order valence-corrected chi connectivity index (χ1v) is 7.41. The van der Waals surface area contributed by atoms with Crippen molar-refractivity contribution in [3.8, 4) is 5.75 Å². The summed E-state index contributed by atoms with van der Waals surface area (Å²) >= 11 is 0. The standard InChI is InChI=1S/C18H18N2O3/c1-22-15-10-6-5-9-14(15)16-18(19,17(21)23-20-16)12-11-13-7-3-2-4-8-13/h2-10H,11-12,19H2,1H3. The maximum Gasteiger partial charge on any atom is 0.360 e. The van der Waals surface area contributed by atoms with Crippen LogP contribution in [-0.4, -0.2) is 24.3 Å². The van der Waals surface area contributed by atoms with E-state index in [1.54, 1.807) is 13.2 Å². The summed E-state index contributed by atoms with van der Waals surface area (Å²) in [5, 5.41) is 3.92. The Kier molecular flexibility index (Phi) is 4.12. The summed E-state index contributed by atoms with van der Waals surface area (Å²) < 4.78 is 5.35. The minimum atomic E-state index is -1.27. The predicted molar refractivity (Wildman–Crippen MR) is 87.3 cm³/mol. The van der Waals surface area contributed by atoms with Gasteiger partial charge >= 0.3 is 5.97 Å². The second kappa shape index (κ2) is 6.22. The molecule has 3 rings (SSSR count). The Hall–Kier alpha value is -2.66. The lowest BCUT2D eigenvalue weighted by Crippen LogP contribution is -2.52. The fourth-order valence-electron chi connectivity index (χ4n) is 2.68. The van der Waals surface area contributed by atoms with Crippen LogP contribution in [0.15, 0.2) is 59.8 Å². The minimum Gasteiger partial charge on any atom is -0.496 e. The van der Waals surface area contributed by atoms with Gasteiger partial charge in [-0.2, -0.15) is 0 Å². The molecule has 118 valence electrons. The number of methoxy groups -OCH3 is 1. The number of hydrogen-bond acceptors (Lipinski definition) is 5. The van der Waals surface area contributed by atoms with Crippen molar-refractivity contribution in [2.24, 2.45) is 10.9 Å². The molecule has 2 aromatic rings. The van der Waals surface area contributed by atoms with Crippen molar-refractivity contribution in [2.45, 2.75) is 18.4 Å². The summed E-state index contributed by atoms with van der Waals surface area (Å²) in [6.45, 7) is 0. The van der Waals surface area contributed by atoms with E-state index in [0.717, 1.165) is 5.56 Å². The minimum absolute atomic E-state index is 0.409. The summed E-state index contributed by atoms with van der Waals surface area (Å²) in [5.41, 5.74) is 7.31. The molecule has 2 N–H and O–H groups in total. The molecule has 5 heteroatoms. The third-order valence-electron chi connectivity index (χ3n) is 4.02. The molecule has 0 amide bonds. The number of hydrogen-bond donors (Lipinski definition) is 1. The molecule has 0 saturated heterocycles.